The van der Waals surface area contributed by atoms with Crippen molar-refractivity contribution >= 4 is 17.5 Å². The normalized spacial score (nSPS) is 23.2. The molecule has 3 aliphatic carbocycles. The molecule has 5 heteroatoms. The maximum atomic E-state index is 13.9. The quantitative estimate of drug-likeness (QED) is 0.347. The van der Waals surface area contributed by atoms with Gasteiger partial charge in [0.2, 0.25) is 11.8 Å². The summed E-state index contributed by atoms with van der Waals surface area (Å²) >= 11 is 0. The van der Waals surface area contributed by atoms with Crippen LogP contribution in [0.25, 0.3) is 0 Å². The van der Waals surface area contributed by atoms with Crippen molar-refractivity contribution in [1.29, 1.82) is 0 Å². The minimum absolute atomic E-state index is 0.105. The van der Waals surface area contributed by atoms with Crippen LogP contribution in [0.3, 0.4) is 0 Å². The predicted octanol–water partition coefficient (Wildman–Crippen LogP) is 5.88. The molecule has 5 nitrogen and oxygen atoms in total. The summed E-state index contributed by atoms with van der Waals surface area (Å²) in [6.07, 6.45) is 0. The van der Waals surface area contributed by atoms with Crippen LogP contribution in [0, 0.1) is 11.8 Å². The number of methoxy groups -OCH3 is 1. The number of benzene rings is 4. The van der Waals surface area contributed by atoms with Gasteiger partial charge in [-0.15, -0.1) is 0 Å². The zero-order valence-corrected chi connectivity index (χ0v) is 19.6. The molecule has 4 aromatic rings. The lowest BCUT2D eigenvalue weighted by molar-refractivity contribution is -0.122. The molecule has 8 rings (SSSR count). The number of hydrogen-bond donors (Lipinski definition) is 0. The summed E-state index contributed by atoms with van der Waals surface area (Å²) in [5.74, 6) is 0.836. The van der Waals surface area contributed by atoms with E-state index in [-0.39, 0.29) is 35.5 Å². The van der Waals surface area contributed by atoms with Crippen molar-refractivity contribution in [2.24, 2.45) is 11.8 Å². The monoisotopic (exact) mass is 473 g/mol. The fraction of sp³-hybridized carbons (Fsp3) is 0.161. The molecule has 2 atom stereocenters. The number of nitrogens with zero attached hydrogens (tertiary/aromatic N) is 1. The number of rotatable bonds is 4. The van der Waals surface area contributed by atoms with Gasteiger partial charge < -0.3 is 9.47 Å². The molecule has 2 amide bonds. The van der Waals surface area contributed by atoms with E-state index < -0.39 is 0 Å². The fourth-order valence-electron chi connectivity index (χ4n) is 6.37. The van der Waals surface area contributed by atoms with E-state index in [1.54, 1.807) is 31.4 Å². The third-order valence-electron chi connectivity index (χ3n) is 7.84. The van der Waals surface area contributed by atoms with Crippen molar-refractivity contribution in [3.05, 3.63) is 119 Å². The van der Waals surface area contributed by atoms with Crippen molar-refractivity contribution < 1.29 is 19.1 Å². The Morgan fingerprint density at radius 1 is 0.556 bits per heavy atom. The lowest BCUT2D eigenvalue weighted by Gasteiger charge is -2.45. The van der Waals surface area contributed by atoms with Crippen molar-refractivity contribution in [2.75, 3.05) is 12.0 Å². The van der Waals surface area contributed by atoms with Crippen LogP contribution in [0.4, 0.5) is 5.69 Å². The average molecular weight is 474 g/mol. The Balaban J connectivity index is 1.22. The largest absolute Gasteiger partial charge is 0.497 e. The number of imide groups is 1. The van der Waals surface area contributed by atoms with Gasteiger partial charge in [0.1, 0.15) is 17.2 Å². The molecule has 0 radical (unpaired) electrons. The molecular weight excluding hydrogens is 450 g/mol. The average Bonchev–Trinajstić information content (AvgIpc) is 3.20. The van der Waals surface area contributed by atoms with Crippen LogP contribution in [-0.2, 0) is 9.59 Å². The van der Waals surface area contributed by atoms with E-state index in [4.69, 9.17) is 9.47 Å². The Morgan fingerprint density at radius 3 is 1.36 bits per heavy atom. The first-order valence-corrected chi connectivity index (χ1v) is 12.1. The Morgan fingerprint density at radius 2 is 0.944 bits per heavy atom. The highest BCUT2D eigenvalue weighted by Crippen LogP contribution is 2.61. The zero-order valence-electron chi connectivity index (χ0n) is 19.6. The molecule has 0 saturated carbocycles. The number of hydrogen-bond acceptors (Lipinski definition) is 4. The van der Waals surface area contributed by atoms with Gasteiger partial charge in [-0.1, -0.05) is 48.5 Å². The molecule has 2 unspecified atom stereocenters. The van der Waals surface area contributed by atoms with E-state index in [9.17, 15) is 9.59 Å². The van der Waals surface area contributed by atoms with Gasteiger partial charge >= 0.3 is 0 Å². The number of carbonyl (C=O) groups is 2. The topological polar surface area (TPSA) is 55.8 Å². The molecule has 1 saturated heterocycles. The summed E-state index contributed by atoms with van der Waals surface area (Å²) < 4.78 is 11.1. The maximum Gasteiger partial charge on any atom is 0.238 e. The van der Waals surface area contributed by atoms with Crippen molar-refractivity contribution in [3.63, 3.8) is 0 Å². The van der Waals surface area contributed by atoms with Crippen molar-refractivity contribution in [1.82, 2.24) is 0 Å². The maximum absolute atomic E-state index is 13.9. The molecular formula is C31H23NO4. The van der Waals surface area contributed by atoms with Crippen molar-refractivity contribution in [2.45, 2.75) is 11.8 Å². The fourth-order valence-corrected chi connectivity index (χ4v) is 6.37. The SMILES string of the molecule is COc1ccc(Oc2ccc(N3C(=O)C4C5c6ccccc6C(c6ccccc65)C4C3=O)cc2)cc1. The molecule has 2 bridgehead atoms. The summed E-state index contributed by atoms with van der Waals surface area (Å²) in [6, 6.07) is 31.0. The van der Waals surface area contributed by atoms with Crippen LogP contribution < -0.4 is 14.4 Å². The summed E-state index contributed by atoms with van der Waals surface area (Å²) in [5.41, 5.74) is 5.28. The second kappa shape index (κ2) is 7.82. The van der Waals surface area contributed by atoms with E-state index >= 15 is 0 Å². The lowest BCUT2D eigenvalue weighted by Crippen LogP contribution is -2.41. The van der Waals surface area contributed by atoms with Gasteiger partial charge in [0.05, 0.1) is 24.6 Å². The molecule has 4 aromatic carbocycles. The molecule has 4 aliphatic rings. The summed E-state index contributed by atoms with van der Waals surface area (Å²) in [4.78, 5) is 29.1. The van der Waals surface area contributed by atoms with Gasteiger partial charge in [-0.2, -0.15) is 0 Å². The smallest absolute Gasteiger partial charge is 0.238 e. The second-order valence-corrected chi connectivity index (χ2v) is 9.55. The number of amides is 2. The van der Waals surface area contributed by atoms with Crippen LogP contribution in [0.5, 0.6) is 17.2 Å². The first-order valence-electron chi connectivity index (χ1n) is 12.1. The number of carbonyl (C=O) groups excluding carboxylic acids is 2. The van der Waals surface area contributed by atoms with Crippen molar-refractivity contribution in [3.8, 4) is 17.2 Å². The highest BCUT2D eigenvalue weighted by molar-refractivity contribution is 6.23. The molecule has 0 spiro atoms. The van der Waals surface area contributed by atoms with Gasteiger partial charge in [0, 0.05) is 11.8 Å². The minimum atomic E-state index is -0.387. The zero-order chi connectivity index (χ0) is 24.4. The number of ether oxygens (including phenoxy) is 2. The van der Waals surface area contributed by atoms with Crippen LogP contribution in [0.1, 0.15) is 34.1 Å². The molecule has 1 aliphatic heterocycles. The molecule has 0 aromatic heterocycles. The highest BCUT2D eigenvalue weighted by atomic mass is 16.5. The molecule has 176 valence electrons. The Labute approximate surface area is 208 Å². The van der Waals surface area contributed by atoms with Gasteiger partial charge in [0.25, 0.3) is 0 Å². The van der Waals surface area contributed by atoms with Gasteiger partial charge in [-0.3, -0.25) is 9.59 Å². The van der Waals surface area contributed by atoms with E-state index in [0.29, 0.717) is 17.2 Å². The van der Waals surface area contributed by atoms with E-state index in [0.717, 1.165) is 5.75 Å². The van der Waals surface area contributed by atoms with Gasteiger partial charge in [0.15, 0.2) is 0 Å². The standard InChI is InChI=1S/C31H23NO4/c1-35-19-14-16-21(17-15-19)36-20-12-10-18(11-13-20)32-30(33)28-26-22-6-2-3-7-23(22)27(29(28)31(32)34)25-9-5-4-8-24(25)26/h2-17,26-29H,1H3. The molecule has 36 heavy (non-hydrogen) atoms. The lowest BCUT2D eigenvalue weighted by atomic mass is 9.55. The first kappa shape index (κ1) is 20.9. The van der Waals surface area contributed by atoms with Gasteiger partial charge in [-0.05, 0) is 70.8 Å². The summed E-state index contributed by atoms with van der Waals surface area (Å²) in [6.45, 7) is 0. The third-order valence-corrected chi connectivity index (χ3v) is 7.84. The third kappa shape index (κ3) is 2.89. The second-order valence-electron chi connectivity index (χ2n) is 9.55. The predicted molar refractivity (Wildman–Crippen MR) is 136 cm³/mol. The molecule has 1 heterocycles. The molecule has 1 fully saturated rings. The molecule has 0 N–H and O–H groups in total. The Bertz CT molecular complexity index is 1390. The number of anilines is 1. The van der Waals surface area contributed by atoms with Crippen LogP contribution in [-0.4, -0.2) is 18.9 Å². The van der Waals surface area contributed by atoms with Gasteiger partial charge in [-0.25, -0.2) is 4.90 Å². The van der Waals surface area contributed by atoms with E-state index in [1.807, 2.05) is 48.5 Å². The van der Waals surface area contributed by atoms with Crippen LogP contribution in [0.15, 0.2) is 97.1 Å². The summed E-state index contributed by atoms with van der Waals surface area (Å²) in [5, 5.41) is 0. The highest BCUT2D eigenvalue weighted by Gasteiger charge is 2.61. The summed E-state index contributed by atoms with van der Waals surface area (Å²) in [7, 11) is 1.62. The Kier molecular flexibility index (Phi) is 4.55. The first-order chi connectivity index (χ1) is 17.7. The Hall–Kier alpha value is -4.38. The van der Waals surface area contributed by atoms with E-state index in [1.165, 1.54) is 27.2 Å². The van der Waals surface area contributed by atoms with E-state index in [2.05, 4.69) is 24.3 Å². The van der Waals surface area contributed by atoms with Crippen LogP contribution >= 0.6 is 0 Å². The van der Waals surface area contributed by atoms with Crippen LogP contribution in [0.2, 0.25) is 0 Å². The minimum Gasteiger partial charge on any atom is -0.497 e.